The molecule has 0 aliphatic carbocycles. The molecule has 3 rings (SSSR count). The number of rotatable bonds is 3. The third-order valence-corrected chi connectivity index (χ3v) is 3.35. The van der Waals surface area contributed by atoms with E-state index >= 15 is 0 Å². The standard InChI is InChI=1S/C13H15N3O3/c17-12-11-8-14-6-7-15(11)13(18)16(12)19-9-10-4-2-1-3-5-10/h1-5,11,14H,6-9H2/t11-/m0/s1. The van der Waals surface area contributed by atoms with Crippen LogP contribution in [0.15, 0.2) is 30.3 Å². The minimum Gasteiger partial charge on any atom is -0.312 e. The average Bonchev–Trinajstić information content (AvgIpc) is 2.71. The zero-order valence-corrected chi connectivity index (χ0v) is 10.4. The first kappa shape index (κ1) is 12.1. The molecule has 1 aromatic carbocycles. The van der Waals surface area contributed by atoms with Gasteiger partial charge in [-0.2, -0.15) is 0 Å². The van der Waals surface area contributed by atoms with Gasteiger partial charge in [-0.15, -0.1) is 5.06 Å². The van der Waals surface area contributed by atoms with Crippen LogP contribution in [-0.4, -0.2) is 47.6 Å². The van der Waals surface area contributed by atoms with Gasteiger partial charge in [-0.05, 0) is 5.56 Å². The maximum atomic E-state index is 12.1. The average molecular weight is 261 g/mol. The van der Waals surface area contributed by atoms with Crippen LogP contribution in [0.4, 0.5) is 4.79 Å². The highest BCUT2D eigenvalue weighted by molar-refractivity contribution is 6.03. The lowest BCUT2D eigenvalue weighted by Crippen LogP contribution is -2.51. The van der Waals surface area contributed by atoms with Gasteiger partial charge in [0.2, 0.25) is 0 Å². The van der Waals surface area contributed by atoms with E-state index in [1.807, 2.05) is 30.3 Å². The molecule has 1 atom stereocenters. The number of hydrogen-bond acceptors (Lipinski definition) is 4. The number of piperazine rings is 1. The summed E-state index contributed by atoms with van der Waals surface area (Å²) in [6, 6.07) is 8.69. The second kappa shape index (κ2) is 4.99. The summed E-state index contributed by atoms with van der Waals surface area (Å²) in [6.07, 6.45) is 0. The fourth-order valence-corrected chi connectivity index (χ4v) is 2.33. The molecule has 100 valence electrons. The van der Waals surface area contributed by atoms with E-state index in [4.69, 9.17) is 4.84 Å². The van der Waals surface area contributed by atoms with Crippen molar-refractivity contribution in [3.63, 3.8) is 0 Å². The molecule has 0 saturated carbocycles. The molecule has 6 heteroatoms. The number of hydrogen-bond donors (Lipinski definition) is 1. The van der Waals surface area contributed by atoms with E-state index in [2.05, 4.69) is 5.32 Å². The summed E-state index contributed by atoms with van der Waals surface area (Å²) in [4.78, 5) is 31.0. The summed E-state index contributed by atoms with van der Waals surface area (Å²) in [5, 5.41) is 4.00. The zero-order valence-electron chi connectivity index (χ0n) is 10.4. The van der Waals surface area contributed by atoms with Crippen molar-refractivity contribution in [2.45, 2.75) is 12.6 Å². The lowest BCUT2D eigenvalue weighted by Gasteiger charge is -2.26. The van der Waals surface area contributed by atoms with Crippen molar-refractivity contribution in [2.75, 3.05) is 19.6 Å². The molecule has 0 radical (unpaired) electrons. The predicted octanol–water partition coefficient (Wildman–Crippen LogP) is 0.354. The normalized spacial score (nSPS) is 22.8. The number of urea groups is 1. The fourth-order valence-electron chi connectivity index (χ4n) is 2.33. The summed E-state index contributed by atoms with van der Waals surface area (Å²) in [5.41, 5.74) is 0.922. The quantitative estimate of drug-likeness (QED) is 0.798. The molecule has 0 spiro atoms. The second-order valence-electron chi connectivity index (χ2n) is 4.59. The predicted molar refractivity (Wildman–Crippen MR) is 66.8 cm³/mol. The summed E-state index contributed by atoms with van der Waals surface area (Å²) in [5.74, 6) is -0.284. The molecule has 3 amide bonds. The second-order valence-corrected chi connectivity index (χ2v) is 4.59. The molecule has 1 N–H and O–H groups in total. The van der Waals surface area contributed by atoms with Crippen molar-refractivity contribution >= 4 is 11.9 Å². The Morgan fingerprint density at radius 2 is 2.05 bits per heavy atom. The maximum absolute atomic E-state index is 12.1. The van der Waals surface area contributed by atoms with Gasteiger partial charge < -0.3 is 10.2 Å². The molecule has 2 aliphatic heterocycles. The van der Waals surface area contributed by atoms with E-state index in [1.165, 1.54) is 0 Å². The SMILES string of the molecule is O=C1[C@@H]2CNCCN2C(=O)N1OCc1ccccc1. The number of nitrogens with one attached hydrogen (secondary N) is 1. The molecule has 2 heterocycles. The van der Waals surface area contributed by atoms with Crippen molar-refractivity contribution in [2.24, 2.45) is 0 Å². The van der Waals surface area contributed by atoms with Crippen molar-refractivity contribution in [1.29, 1.82) is 0 Å². The molecule has 19 heavy (non-hydrogen) atoms. The minimum atomic E-state index is -0.419. The van der Waals surface area contributed by atoms with Crippen LogP contribution in [-0.2, 0) is 16.2 Å². The summed E-state index contributed by atoms with van der Waals surface area (Å²) in [6.45, 7) is 1.96. The Morgan fingerprint density at radius 3 is 2.79 bits per heavy atom. The highest BCUT2D eigenvalue weighted by atomic mass is 16.7. The molecule has 2 aliphatic rings. The van der Waals surface area contributed by atoms with Crippen LogP contribution >= 0.6 is 0 Å². The molecule has 2 saturated heterocycles. The first-order valence-electron chi connectivity index (χ1n) is 6.29. The number of imide groups is 1. The van der Waals surface area contributed by atoms with E-state index < -0.39 is 6.04 Å². The van der Waals surface area contributed by atoms with Crippen molar-refractivity contribution < 1.29 is 14.4 Å². The van der Waals surface area contributed by atoms with E-state index in [0.29, 0.717) is 19.6 Å². The smallest absolute Gasteiger partial charge is 0.312 e. The van der Waals surface area contributed by atoms with Gasteiger partial charge in [0, 0.05) is 19.6 Å². The Balaban J connectivity index is 1.68. The summed E-state index contributed by atoms with van der Waals surface area (Å²) in [7, 11) is 0. The monoisotopic (exact) mass is 261 g/mol. The number of hydroxylamine groups is 2. The molecule has 0 aromatic heterocycles. The lowest BCUT2D eigenvalue weighted by molar-refractivity contribution is -0.167. The van der Waals surface area contributed by atoms with E-state index in [0.717, 1.165) is 10.6 Å². The first-order chi connectivity index (χ1) is 9.27. The van der Waals surface area contributed by atoms with Crippen LogP contribution in [0.3, 0.4) is 0 Å². The van der Waals surface area contributed by atoms with Crippen LogP contribution < -0.4 is 5.32 Å². The Bertz CT molecular complexity index is 467. The fraction of sp³-hybridized carbons (Fsp3) is 0.385. The van der Waals surface area contributed by atoms with E-state index in [-0.39, 0.29) is 18.5 Å². The van der Waals surface area contributed by atoms with Crippen molar-refractivity contribution in [1.82, 2.24) is 15.3 Å². The highest BCUT2D eigenvalue weighted by Gasteiger charge is 2.47. The Labute approximate surface area is 110 Å². The van der Waals surface area contributed by atoms with Gasteiger partial charge in [0.05, 0.1) is 0 Å². The van der Waals surface area contributed by atoms with Gasteiger partial charge in [-0.25, -0.2) is 4.79 Å². The largest absolute Gasteiger partial charge is 0.352 e. The lowest BCUT2D eigenvalue weighted by atomic mass is 10.2. The third-order valence-electron chi connectivity index (χ3n) is 3.35. The number of amides is 3. The molecule has 0 unspecified atom stereocenters. The number of benzene rings is 1. The molecular formula is C13H15N3O3. The van der Waals surface area contributed by atoms with Gasteiger partial charge in [0.1, 0.15) is 12.6 Å². The van der Waals surface area contributed by atoms with E-state index in [1.54, 1.807) is 4.90 Å². The Morgan fingerprint density at radius 1 is 1.26 bits per heavy atom. The maximum Gasteiger partial charge on any atom is 0.352 e. The topological polar surface area (TPSA) is 61.9 Å². The Hall–Kier alpha value is -1.92. The number of nitrogens with zero attached hydrogens (tertiary/aromatic N) is 2. The van der Waals surface area contributed by atoms with Gasteiger partial charge in [0.15, 0.2) is 0 Å². The number of carbonyl (C=O) groups excluding carboxylic acids is 2. The first-order valence-corrected chi connectivity index (χ1v) is 6.29. The molecule has 0 bridgehead atoms. The summed E-state index contributed by atoms with van der Waals surface area (Å²) < 4.78 is 0. The van der Waals surface area contributed by atoms with Crippen LogP contribution in [0.5, 0.6) is 0 Å². The van der Waals surface area contributed by atoms with Crippen LogP contribution in [0.2, 0.25) is 0 Å². The highest BCUT2D eigenvalue weighted by Crippen LogP contribution is 2.20. The number of fused-ring (bicyclic) bond motifs is 1. The van der Waals surface area contributed by atoms with Crippen molar-refractivity contribution in [3.05, 3.63) is 35.9 Å². The van der Waals surface area contributed by atoms with E-state index in [9.17, 15) is 9.59 Å². The number of carbonyl (C=O) groups is 2. The minimum absolute atomic E-state index is 0.215. The van der Waals surface area contributed by atoms with Crippen LogP contribution in [0, 0.1) is 0 Å². The van der Waals surface area contributed by atoms with Crippen molar-refractivity contribution in [3.8, 4) is 0 Å². The van der Waals surface area contributed by atoms with Gasteiger partial charge in [-0.1, -0.05) is 30.3 Å². The molecular weight excluding hydrogens is 246 g/mol. The van der Waals surface area contributed by atoms with Gasteiger partial charge >= 0.3 is 6.03 Å². The Kier molecular flexibility index (Phi) is 3.18. The van der Waals surface area contributed by atoms with Gasteiger partial charge in [-0.3, -0.25) is 9.63 Å². The summed E-state index contributed by atoms with van der Waals surface area (Å²) >= 11 is 0. The zero-order chi connectivity index (χ0) is 13.2. The third kappa shape index (κ3) is 2.20. The van der Waals surface area contributed by atoms with Crippen LogP contribution in [0.25, 0.3) is 0 Å². The van der Waals surface area contributed by atoms with Crippen LogP contribution in [0.1, 0.15) is 5.56 Å². The molecule has 2 fully saturated rings. The van der Waals surface area contributed by atoms with Gasteiger partial charge in [0.25, 0.3) is 5.91 Å². The molecule has 6 nitrogen and oxygen atoms in total. The molecule has 1 aromatic rings.